The summed E-state index contributed by atoms with van der Waals surface area (Å²) in [5, 5.41) is 0.796. The van der Waals surface area contributed by atoms with E-state index in [0.717, 1.165) is 17.0 Å². The number of carbonyl (C=O) groups is 1. The second-order valence-electron chi connectivity index (χ2n) is 3.64. The molecule has 3 heteroatoms. The van der Waals surface area contributed by atoms with Gasteiger partial charge in [-0.15, -0.1) is 0 Å². The molecular formula is C11H10ClIO. The minimum atomic E-state index is 0.352. The number of Topliss-reactive ketones (excluding diaryl/α,β-unsaturated/α-hetero) is 1. The quantitative estimate of drug-likeness (QED) is 0.720. The van der Waals surface area contributed by atoms with E-state index in [4.69, 9.17) is 11.6 Å². The molecule has 1 nitrogen and oxygen atoms in total. The maximum atomic E-state index is 11.2. The minimum Gasteiger partial charge on any atom is -0.300 e. The highest BCUT2D eigenvalue weighted by Gasteiger charge is 2.25. The molecule has 1 atom stereocenters. The zero-order valence-corrected chi connectivity index (χ0v) is 10.5. The molecule has 74 valence electrons. The lowest BCUT2D eigenvalue weighted by molar-refractivity contribution is -0.117. The van der Waals surface area contributed by atoms with Gasteiger partial charge in [0.1, 0.15) is 5.78 Å². The van der Waals surface area contributed by atoms with Crippen molar-refractivity contribution in [1.82, 2.24) is 0 Å². The largest absolute Gasteiger partial charge is 0.300 e. The van der Waals surface area contributed by atoms with Crippen molar-refractivity contribution in [3.8, 4) is 0 Å². The lowest BCUT2D eigenvalue weighted by atomic mass is 9.98. The summed E-state index contributed by atoms with van der Waals surface area (Å²) in [7, 11) is 0. The Kier molecular flexibility index (Phi) is 3.12. The Morgan fingerprint density at radius 1 is 1.43 bits per heavy atom. The molecule has 1 aliphatic carbocycles. The van der Waals surface area contributed by atoms with E-state index in [-0.39, 0.29) is 0 Å². The molecule has 1 unspecified atom stereocenters. The van der Waals surface area contributed by atoms with Crippen molar-refractivity contribution >= 4 is 40.0 Å². The van der Waals surface area contributed by atoms with Crippen molar-refractivity contribution in [2.24, 2.45) is 0 Å². The number of carbonyl (C=O) groups excluding carboxylic acids is 1. The molecule has 0 spiro atoms. The van der Waals surface area contributed by atoms with Crippen LogP contribution >= 0.6 is 34.2 Å². The Morgan fingerprint density at radius 2 is 2.21 bits per heavy atom. The fourth-order valence-corrected chi connectivity index (χ4v) is 2.69. The number of rotatable bonds is 1. The molecule has 0 aromatic heterocycles. The molecule has 0 bridgehead atoms. The molecule has 0 saturated heterocycles. The maximum Gasteiger partial charge on any atom is 0.133 e. The lowest BCUT2D eigenvalue weighted by Gasteiger charge is -2.10. The standard InChI is InChI=1S/C11H10ClIO/c12-11-4-2-8(13)6-10(11)7-1-3-9(14)5-7/h2,4,6-7H,1,3,5H2. The monoisotopic (exact) mass is 320 g/mol. The van der Waals surface area contributed by atoms with Crippen LogP contribution in [0.4, 0.5) is 0 Å². The van der Waals surface area contributed by atoms with Gasteiger partial charge < -0.3 is 0 Å². The molecule has 1 aromatic rings. The van der Waals surface area contributed by atoms with Gasteiger partial charge in [-0.2, -0.15) is 0 Å². The van der Waals surface area contributed by atoms with Crippen LogP contribution in [0, 0.1) is 3.57 Å². The fraction of sp³-hybridized carbons (Fsp3) is 0.364. The Labute approximate surface area is 102 Å². The van der Waals surface area contributed by atoms with Gasteiger partial charge in [0.25, 0.3) is 0 Å². The first-order valence-corrected chi connectivity index (χ1v) is 6.09. The van der Waals surface area contributed by atoms with Crippen LogP contribution in [0.2, 0.25) is 5.02 Å². The molecular weight excluding hydrogens is 310 g/mol. The number of hydrogen-bond acceptors (Lipinski definition) is 1. The Hall–Kier alpha value is -0.0900. The smallest absolute Gasteiger partial charge is 0.133 e. The zero-order chi connectivity index (χ0) is 10.1. The van der Waals surface area contributed by atoms with E-state index in [1.54, 1.807) is 0 Å². The first-order valence-electron chi connectivity index (χ1n) is 4.63. The topological polar surface area (TPSA) is 17.1 Å². The van der Waals surface area contributed by atoms with Gasteiger partial charge in [0, 0.05) is 21.4 Å². The van der Waals surface area contributed by atoms with Crippen molar-refractivity contribution < 1.29 is 4.79 Å². The Morgan fingerprint density at radius 3 is 2.86 bits per heavy atom. The van der Waals surface area contributed by atoms with Crippen LogP contribution in [0.1, 0.15) is 30.7 Å². The fourth-order valence-electron chi connectivity index (χ4n) is 1.91. The molecule has 14 heavy (non-hydrogen) atoms. The summed E-state index contributed by atoms with van der Waals surface area (Å²) in [5.41, 5.74) is 1.14. The van der Waals surface area contributed by atoms with Crippen molar-refractivity contribution in [1.29, 1.82) is 0 Å². The molecule has 1 aliphatic rings. The lowest BCUT2D eigenvalue weighted by Crippen LogP contribution is -1.95. The van der Waals surface area contributed by atoms with E-state index in [0.29, 0.717) is 24.5 Å². The molecule has 0 N–H and O–H groups in total. The molecule has 1 fully saturated rings. The first-order chi connectivity index (χ1) is 6.66. The van der Waals surface area contributed by atoms with Crippen molar-refractivity contribution in [3.63, 3.8) is 0 Å². The summed E-state index contributed by atoms with van der Waals surface area (Å²) in [6, 6.07) is 6.00. The summed E-state index contributed by atoms with van der Waals surface area (Å²) in [6.45, 7) is 0. The van der Waals surface area contributed by atoms with Gasteiger partial charge in [0.05, 0.1) is 0 Å². The highest BCUT2D eigenvalue weighted by Crippen LogP contribution is 2.36. The van der Waals surface area contributed by atoms with E-state index in [9.17, 15) is 4.79 Å². The molecule has 0 radical (unpaired) electrons. The highest BCUT2D eigenvalue weighted by molar-refractivity contribution is 14.1. The summed E-state index contributed by atoms with van der Waals surface area (Å²) in [6.07, 6.45) is 2.34. The predicted octanol–water partition coefficient (Wildman–Crippen LogP) is 3.78. The van der Waals surface area contributed by atoms with Crippen LogP contribution in [-0.4, -0.2) is 5.78 Å². The second-order valence-corrected chi connectivity index (χ2v) is 5.30. The van der Waals surface area contributed by atoms with E-state index < -0.39 is 0 Å². The van der Waals surface area contributed by atoms with E-state index in [1.807, 2.05) is 12.1 Å². The third-order valence-electron chi connectivity index (χ3n) is 2.64. The van der Waals surface area contributed by atoms with Crippen molar-refractivity contribution in [3.05, 3.63) is 32.4 Å². The highest BCUT2D eigenvalue weighted by atomic mass is 127. The van der Waals surface area contributed by atoms with Gasteiger partial charge in [-0.1, -0.05) is 11.6 Å². The van der Waals surface area contributed by atoms with Crippen LogP contribution in [0.5, 0.6) is 0 Å². The molecule has 1 saturated carbocycles. The van der Waals surface area contributed by atoms with Gasteiger partial charge in [-0.05, 0) is 58.7 Å². The average Bonchev–Trinajstić information content (AvgIpc) is 2.56. The number of hydrogen-bond donors (Lipinski definition) is 0. The van der Waals surface area contributed by atoms with Gasteiger partial charge >= 0.3 is 0 Å². The molecule has 0 heterocycles. The third-order valence-corrected chi connectivity index (χ3v) is 3.66. The summed E-state index contributed by atoms with van der Waals surface area (Å²) >= 11 is 8.38. The zero-order valence-electron chi connectivity index (χ0n) is 7.59. The van der Waals surface area contributed by atoms with Gasteiger partial charge in [0.2, 0.25) is 0 Å². The SMILES string of the molecule is O=C1CCC(c2cc(I)ccc2Cl)C1. The number of benzene rings is 1. The van der Waals surface area contributed by atoms with E-state index in [1.165, 1.54) is 3.57 Å². The predicted molar refractivity (Wildman–Crippen MR) is 65.8 cm³/mol. The first kappa shape index (κ1) is 10.4. The van der Waals surface area contributed by atoms with Crippen LogP contribution in [0.15, 0.2) is 18.2 Å². The molecule has 0 amide bonds. The van der Waals surface area contributed by atoms with Crippen molar-refractivity contribution in [2.45, 2.75) is 25.2 Å². The average molecular weight is 321 g/mol. The van der Waals surface area contributed by atoms with Crippen LogP contribution in [-0.2, 0) is 4.79 Å². The summed E-state index contributed by atoms with van der Waals surface area (Å²) in [4.78, 5) is 11.2. The number of ketones is 1. The summed E-state index contributed by atoms with van der Waals surface area (Å²) < 4.78 is 1.18. The normalized spacial score (nSPS) is 21.6. The minimum absolute atomic E-state index is 0.352. The Balaban J connectivity index is 2.31. The van der Waals surface area contributed by atoms with Gasteiger partial charge in [0.15, 0.2) is 0 Å². The second kappa shape index (κ2) is 4.19. The van der Waals surface area contributed by atoms with Gasteiger partial charge in [-0.25, -0.2) is 0 Å². The van der Waals surface area contributed by atoms with Crippen LogP contribution in [0.25, 0.3) is 0 Å². The molecule has 1 aromatic carbocycles. The van der Waals surface area contributed by atoms with Gasteiger partial charge in [-0.3, -0.25) is 4.79 Å². The van der Waals surface area contributed by atoms with Crippen LogP contribution in [0.3, 0.4) is 0 Å². The Bertz CT molecular complexity index is 376. The van der Waals surface area contributed by atoms with E-state index >= 15 is 0 Å². The summed E-state index contributed by atoms with van der Waals surface area (Å²) in [5.74, 6) is 0.717. The van der Waals surface area contributed by atoms with Crippen LogP contribution < -0.4 is 0 Å². The number of halogens is 2. The third kappa shape index (κ3) is 2.11. The maximum absolute atomic E-state index is 11.2. The van der Waals surface area contributed by atoms with E-state index in [2.05, 4.69) is 28.7 Å². The molecule has 0 aliphatic heterocycles. The van der Waals surface area contributed by atoms with Crippen molar-refractivity contribution in [2.75, 3.05) is 0 Å². The molecule has 2 rings (SSSR count).